The monoisotopic (exact) mass is 395 g/mol. The van der Waals surface area contributed by atoms with Crippen LogP contribution in [0.15, 0.2) is 48.5 Å². The molecule has 0 radical (unpaired) electrons. The van der Waals surface area contributed by atoms with Crippen molar-refractivity contribution in [2.75, 3.05) is 6.61 Å². The van der Waals surface area contributed by atoms with Gasteiger partial charge in [-0.1, -0.05) is 30.2 Å². The molecule has 0 saturated heterocycles. The average molecular weight is 395 g/mol. The highest BCUT2D eigenvalue weighted by Gasteiger charge is 2.33. The van der Waals surface area contributed by atoms with Crippen LogP contribution in [0.1, 0.15) is 31.1 Å². The van der Waals surface area contributed by atoms with Crippen LogP contribution in [0.4, 0.5) is 0 Å². The van der Waals surface area contributed by atoms with Crippen molar-refractivity contribution in [2.24, 2.45) is 5.73 Å². The van der Waals surface area contributed by atoms with Gasteiger partial charge in [0.25, 0.3) is 11.8 Å². The minimum atomic E-state index is -1.09. The first-order valence-corrected chi connectivity index (χ1v) is 9.03. The summed E-state index contributed by atoms with van der Waals surface area (Å²) in [5, 5.41) is 11.4. The summed E-state index contributed by atoms with van der Waals surface area (Å²) >= 11 is 0. The van der Waals surface area contributed by atoms with E-state index >= 15 is 0 Å². The Bertz CT molecular complexity index is 904. The van der Waals surface area contributed by atoms with Crippen molar-refractivity contribution in [3.05, 3.63) is 54.1 Å². The maximum atomic E-state index is 12.5. The van der Waals surface area contributed by atoms with Crippen molar-refractivity contribution in [3.8, 4) is 28.7 Å². The molecule has 7 nitrogen and oxygen atoms in total. The van der Waals surface area contributed by atoms with E-state index in [1.54, 1.807) is 32.9 Å². The lowest BCUT2D eigenvalue weighted by molar-refractivity contribution is -0.132. The van der Waals surface area contributed by atoms with Gasteiger partial charge in [0.1, 0.15) is 18.4 Å². The third kappa shape index (κ3) is 6.07. The highest BCUT2D eigenvalue weighted by Crippen LogP contribution is 2.23. The van der Waals surface area contributed by atoms with Crippen molar-refractivity contribution < 1.29 is 19.5 Å². The molecular weight excluding hydrogens is 370 g/mol. The van der Waals surface area contributed by atoms with E-state index in [0.29, 0.717) is 12.2 Å². The van der Waals surface area contributed by atoms with Gasteiger partial charge in [0, 0.05) is 11.1 Å². The summed E-state index contributed by atoms with van der Waals surface area (Å²) in [5.74, 6) is 5.08. The minimum Gasteiger partial charge on any atom is -0.481 e. The summed E-state index contributed by atoms with van der Waals surface area (Å²) in [4.78, 5) is 24.3. The van der Waals surface area contributed by atoms with Gasteiger partial charge >= 0.3 is 0 Å². The summed E-state index contributed by atoms with van der Waals surface area (Å²) in [5.41, 5.74) is 8.65. The SMILES string of the molecule is CC#CCOc1ccc(-c2ccc(C(=O)N[C@H](C(=O)NO)C(C)(C)N)cc2)cc1. The zero-order valence-corrected chi connectivity index (χ0v) is 16.7. The Balaban J connectivity index is 2.09. The number of carbonyl (C=O) groups excluding carboxylic acids is 2. The molecule has 0 aliphatic rings. The smallest absolute Gasteiger partial charge is 0.267 e. The number of rotatable bonds is 7. The van der Waals surface area contributed by atoms with E-state index in [0.717, 1.165) is 16.9 Å². The Morgan fingerprint density at radius 2 is 1.66 bits per heavy atom. The summed E-state index contributed by atoms with van der Waals surface area (Å²) in [6.45, 7) is 5.26. The van der Waals surface area contributed by atoms with Crippen molar-refractivity contribution >= 4 is 11.8 Å². The highest BCUT2D eigenvalue weighted by molar-refractivity contribution is 5.98. The molecule has 0 saturated carbocycles. The number of hydroxylamine groups is 1. The van der Waals surface area contributed by atoms with Crippen LogP contribution in [-0.4, -0.2) is 35.2 Å². The molecule has 0 fully saturated rings. The van der Waals surface area contributed by atoms with E-state index in [-0.39, 0.29) is 0 Å². The fourth-order valence-corrected chi connectivity index (χ4v) is 2.62. The van der Waals surface area contributed by atoms with Gasteiger partial charge in [-0.2, -0.15) is 0 Å². The second-order valence-corrected chi connectivity index (χ2v) is 7.02. The molecule has 0 aromatic heterocycles. The number of benzene rings is 2. The van der Waals surface area contributed by atoms with Crippen LogP contribution in [0.5, 0.6) is 5.75 Å². The zero-order valence-electron chi connectivity index (χ0n) is 16.7. The molecule has 152 valence electrons. The van der Waals surface area contributed by atoms with Crippen molar-refractivity contribution in [2.45, 2.75) is 32.4 Å². The van der Waals surface area contributed by atoms with Gasteiger partial charge in [-0.15, -0.1) is 5.92 Å². The Kier molecular flexibility index (Phi) is 7.37. The van der Waals surface area contributed by atoms with Gasteiger partial charge in [0.2, 0.25) is 0 Å². The van der Waals surface area contributed by atoms with Crippen LogP contribution in [0.2, 0.25) is 0 Å². The number of nitrogens with one attached hydrogen (secondary N) is 2. The molecule has 0 unspecified atom stereocenters. The van der Waals surface area contributed by atoms with Gasteiger partial charge in [-0.3, -0.25) is 14.8 Å². The highest BCUT2D eigenvalue weighted by atomic mass is 16.5. The molecule has 0 heterocycles. The topological polar surface area (TPSA) is 114 Å². The van der Waals surface area contributed by atoms with E-state index in [9.17, 15) is 9.59 Å². The fourth-order valence-electron chi connectivity index (χ4n) is 2.62. The summed E-state index contributed by atoms with van der Waals surface area (Å²) in [6, 6.07) is 13.4. The number of nitrogens with two attached hydrogens (primary N) is 1. The third-order valence-corrected chi connectivity index (χ3v) is 4.21. The normalized spacial score (nSPS) is 11.6. The average Bonchev–Trinajstić information content (AvgIpc) is 2.71. The largest absolute Gasteiger partial charge is 0.481 e. The van der Waals surface area contributed by atoms with Gasteiger partial charge in [-0.05, 0) is 56.2 Å². The Hall–Kier alpha value is -3.34. The van der Waals surface area contributed by atoms with Gasteiger partial charge in [0.05, 0.1) is 0 Å². The molecule has 0 bridgehead atoms. The summed E-state index contributed by atoms with van der Waals surface area (Å²) in [7, 11) is 0. The van der Waals surface area contributed by atoms with Crippen LogP contribution < -0.4 is 21.3 Å². The summed E-state index contributed by atoms with van der Waals surface area (Å²) in [6.07, 6.45) is 0. The van der Waals surface area contributed by atoms with Crippen LogP contribution >= 0.6 is 0 Å². The van der Waals surface area contributed by atoms with Crippen LogP contribution in [0.3, 0.4) is 0 Å². The fraction of sp³-hybridized carbons (Fsp3) is 0.273. The second-order valence-electron chi connectivity index (χ2n) is 7.02. The quantitative estimate of drug-likeness (QED) is 0.326. The first kappa shape index (κ1) is 22.0. The molecule has 0 spiro atoms. The number of hydrogen-bond acceptors (Lipinski definition) is 5. The number of ether oxygens (including phenoxy) is 1. The molecule has 0 aliphatic heterocycles. The number of carbonyl (C=O) groups is 2. The Morgan fingerprint density at radius 3 is 2.14 bits per heavy atom. The van der Waals surface area contributed by atoms with Crippen molar-refractivity contribution in [1.82, 2.24) is 10.8 Å². The maximum absolute atomic E-state index is 12.5. The number of amides is 2. The molecule has 2 rings (SSSR count). The van der Waals surface area contributed by atoms with E-state index in [4.69, 9.17) is 15.7 Å². The first-order chi connectivity index (χ1) is 13.8. The standard InChI is InChI=1S/C22H25N3O4/c1-4-5-14-29-18-12-10-16(11-13-18)15-6-8-17(9-7-15)20(26)24-19(21(27)25-28)22(2,3)23/h6-13,19,28H,14,23H2,1-3H3,(H,24,26)(H,25,27)/t19-/m1/s1. The van der Waals surface area contributed by atoms with E-state index in [1.807, 2.05) is 36.4 Å². The first-order valence-electron chi connectivity index (χ1n) is 9.03. The number of hydrogen-bond donors (Lipinski definition) is 4. The maximum Gasteiger partial charge on any atom is 0.267 e. The van der Waals surface area contributed by atoms with Crippen molar-refractivity contribution in [1.29, 1.82) is 0 Å². The van der Waals surface area contributed by atoms with E-state index in [1.165, 1.54) is 5.48 Å². The molecule has 2 amide bonds. The molecule has 7 heteroatoms. The lowest BCUT2D eigenvalue weighted by atomic mass is 9.94. The molecule has 1 atom stereocenters. The Labute approximate surface area is 170 Å². The van der Waals surface area contributed by atoms with Crippen LogP contribution in [0.25, 0.3) is 11.1 Å². The predicted molar refractivity (Wildman–Crippen MR) is 110 cm³/mol. The molecule has 2 aromatic rings. The van der Waals surface area contributed by atoms with Crippen LogP contribution in [0, 0.1) is 11.8 Å². The third-order valence-electron chi connectivity index (χ3n) is 4.21. The summed E-state index contributed by atoms with van der Waals surface area (Å²) < 4.78 is 5.49. The zero-order chi connectivity index (χ0) is 21.4. The minimum absolute atomic E-state index is 0.342. The molecule has 2 aromatic carbocycles. The predicted octanol–water partition coefficient (Wildman–Crippen LogP) is 2.10. The van der Waals surface area contributed by atoms with E-state index in [2.05, 4.69) is 17.2 Å². The molecular formula is C22H25N3O4. The van der Waals surface area contributed by atoms with Gasteiger partial charge < -0.3 is 15.8 Å². The molecule has 5 N–H and O–H groups in total. The lowest BCUT2D eigenvalue weighted by Crippen LogP contribution is -2.61. The molecule has 0 aliphatic carbocycles. The van der Waals surface area contributed by atoms with Crippen molar-refractivity contribution in [3.63, 3.8) is 0 Å². The van der Waals surface area contributed by atoms with E-state index < -0.39 is 23.4 Å². The Morgan fingerprint density at radius 1 is 1.10 bits per heavy atom. The van der Waals surface area contributed by atoms with Gasteiger partial charge in [0.15, 0.2) is 0 Å². The van der Waals surface area contributed by atoms with Crippen LogP contribution in [-0.2, 0) is 4.79 Å². The molecule has 29 heavy (non-hydrogen) atoms. The van der Waals surface area contributed by atoms with Gasteiger partial charge in [-0.25, -0.2) is 5.48 Å². The lowest BCUT2D eigenvalue weighted by Gasteiger charge is -2.29. The second kappa shape index (κ2) is 9.73.